The summed E-state index contributed by atoms with van der Waals surface area (Å²) in [4.78, 5) is 4.25. The molecular weight excluding hydrogens is 366 g/mol. The Hall–Kier alpha value is 0.150. The second-order valence-corrected chi connectivity index (χ2v) is 4.39. The van der Waals surface area contributed by atoms with Crippen LogP contribution in [0, 0.1) is 7.27 Å². The molecule has 0 saturated carbocycles. The molecule has 0 N–H and O–H groups in total. The van der Waals surface area contributed by atoms with Crippen LogP contribution in [0.2, 0.25) is 0 Å². The summed E-state index contributed by atoms with van der Waals surface area (Å²) in [5.41, 5.74) is 1.04. The summed E-state index contributed by atoms with van der Waals surface area (Å²) < 4.78 is 4.46. The van der Waals surface area contributed by atoms with Crippen molar-refractivity contribution < 1.29 is 0 Å². The van der Waals surface area contributed by atoms with Gasteiger partial charge in [-0.25, -0.2) is 4.98 Å². The van der Waals surface area contributed by atoms with E-state index in [1.165, 1.54) is 7.27 Å². The minimum atomic E-state index is 1.04. The first-order valence-corrected chi connectivity index (χ1v) is 5.22. The Kier molecular flexibility index (Phi) is 2.04. The highest BCUT2D eigenvalue weighted by Gasteiger charge is 2.00. The number of aromatic nitrogens is 2. The van der Waals surface area contributed by atoms with Crippen molar-refractivity contribution in [3.05, 3.63) is 31.8 Å². The standard InChI is InChI=1S/C7H4I2N2/c8-5-2-4-11-6(9)1-3-10-7(5)11/h1-4H. The molecule has 0 radical (unpaired) electrons. The summed E-state index contributed by atoms with van der Waals surface area (Å²) in [6.45, 7) is 0. The van der Waals surface area contributed by atoms with Crippen molar-refractivity contribution in [3.63, 3.8) is 0 Å². The highest BCUT2D eigenvalue weighted by atomic mass is 127. The Bertz CT molecular complexity index is 394. The maximum Gasteiger partial charge on any atom is 0.150 e. The van der Waals surface area contributed by atoms with Crippen LogP contribution in [0.15, 0.2) is 24.5 Å². The lowest BCUT2D eigenvalue weighted by atomic mass is 10.6. The lowest BCUT2D eigenvalue weighted by Gasteiger charge is -1.95. The summed E-state index contributed by atoms with van der Waals surface area (Å²) in [5.74, 6) is 0. The van der Waals surface area contributed by atoms with Crippen LogP contribution in [-0.2, 0) is 0 Å². The van der Waals surface area contributed by atoms with Crippen molar-refractivity contribution >= 4 is 50.8 Å². The summed E-state index contributed by atoms with van der Waals surface area (Å²) >= 11 is 4.57. The van der Waals surface area contributed by atoms with Gasteiger partial charge in [-0.15, -0.1) is 0 Å². The third-order valence-electron chi connectivity index (χ3n) is 1.45. The molecule has 0 amide bonds. The smallest absolute Gasteiger partial charge is 0.150 e. The molecule has 0 bridgehead atoms. The Morgan fingerprint density at radius 1 is 1.27 bits per heavy atom. The molecule has 2 heterocycles. The van der Waals surface area contributed by atoms with Crippen LogP contribution in [0.3, 0.4) is 0 Å². The lowest BCUT2D eigenvalue weighted by Crippen LogP contribution is -1.90. The van der Waals surface area contributed by atoms with Crippen LogP contribution in [0.25, 0.3) is 5.65 Å². The summed E-state index contributed by atoms with van der Waals surface area (Å²) in [7, 11) is 0. The number of hydrogen-bond acceptors (Lipinski definition) is 1. The molecule has 4 heteroatoms. The van der Waals surface area contributed by atoms with Crippen molar-refractivity contribution in [1.29, 1.82) is 0 Å². The first-order valence-electron chi connectivity index (χ1n) is 3.06. The molecule has 2 rings (SSSR count). The first-order chi connectivity index (χ1) is 5.29. The third-order valence-corrected chi connectivity index (χ3v) is 3.17. The molecule has 2 aromatic heterocycles. The van der Waals surface area contributed by atoms with E-state index in [2.05, 4.69) is 60.6 Å². The zero-order valence-corrected chi connectivity index (χ0v) is 9.77. The highest BCUT2D eigenvalue weighted by Crippen LogP contribution is 2.15. The van der Waals surface area contributed by atoms with Crippen molar-refractivity contribution in [2.24, 2.45) is 0 Å². The monoisotopic (exact) mass is 370 g/mol. The fourth-order valence-corrected chi connectivity index (χ4v) is 2.06. The number of fused-ring (bicyclic) bond motifs is 1. The van der Waals surface area contributed by atoms with E-state index in [0.29, 0.717) is 0 Å². The van der Waals surface area contributed by atoms with Gasteiger partial charge in [-0.1, -0.05) is 0 Å². The molecule has 0 aromatic carbocycles. The van der Waals surface area contributed by atoms with Crippen LogP contribution >= 0.6 is 45.2 Å². The maximum absolute atomic E-state index is 4.25. The molecule has 2 aromatic rings. The van der Waals surface area contributed by atoms with Gasteiger partial charge in [-0.2, -0.15) is 0 Å². The summed E-state index contributed by atoms with van der Waals surface area (Å²) in [5, 5.41) is 0. The Morgan fingerprint density at radius 3 is 2.82 bits per heavy atom. The minimum Gasteiger partial charge on any atom is -0.295 e. The number of halogens is 2. The SMILES string of the molecule is Ic1ccn2c(I)ccnc12. The number of nitrogens with zero attached hydrogens (tertiary/aromatic N) is 2. The van der Waals surface area contributed by atoms with Gasteiger partial charge in [0.1, 0.15) is 0 Å². The average molecular weight is 370 g/mol. The van der Waals surface area contributed by atoms with Crippen molar-refractivity contribution in [1.82, 2.24) is 9.38 Å². The lowest BCUT2D eigenvalue weighted by molar-refractivity contribution is 1.09. The Morgan fingerprint density at radius 2 is 2.09 bits per heavy atom. The quantitative estimate of drug-likeness (QED) is 0.515. The summed E-state index contributed by atoms with van der Waals surface area (Å²) in [6.07, 6.45) is 3.87. The predicted octanol–water partition coefficient (Wildman–Crippen LogP) is 2.54. The molecule has 11 heavy (non-hydrogen) atoms. The van der Waals surface area contributed by atoms with Crippen LogP contribution in [0.1, 0.15) is 0 Å². The predicted molar refractivity (Wildman–Crippen MR) is 60.6 cm³/mol. The van der Waals surface area contributed by atoms with Crippen LogP contribution in [0.5, 0.6) is 0 Å². The third kappa shape index (κ3) is 1.26. The molecule has 0 spiro atoms. The van der Waals surface area contributed by atoms with Gasteiger partial charge in [0.15, 0.2) is 5.65 Å². The van der Waals surface area contributed by atoms with E-state index in [4.69, 9.17) is 0 Å². The molecule has 0 atom stereocenters. The highest BCUT2D eigenvalue weighted by molar-refractivity contribution is 14.1. The van der Waals surface area contributed by atoms with Gasteiger partial charge in [0.2, 0.25) is 0 Å². The van der Waals surface area contributed by atoms with E-state index < -0.39 is 0 Å². The second kappa shape index (κ2) is 2.89. The first kappa shape index (κ1) is 7.78. The number of hydrogen-bond donors (Lipinski definition) is 0. The van der Waals surface area contributed by atoms with Gasteiger partial charge in [-0.3, -0.25) is 4.40 Å². The van der Waals surface area contributed by atoms with E-state index in [-0.39, 0.29) is 0 Å². The average Bonchev–Trinajstić information content (AvgIpc) is 2.35. The van der Waals surface area contributed by atoms with Crippen LogP contribution < -0.4 is 0 Å². The molecule has 0 aliphatic rings. The molecule has 0 aliphatic heterocycles. The van der Waals surface area contributed by atoms with Gasteiger partial charge < -0.3 is 0 Å². The van der Waals surface area contributed by atoms with E-state index >= 15 is 0 Å². The van der Waals surface area contributed by atoms with Gasteiger partial charge >= 0.3 is 0 Å². The van der Waals surface area contributed by atoms with Gasteiger partial charge in [0.25, 0.3) is 0 Å². The molecule has 2 nitrogen and oxygen atoms in total. The van der Waals surface area contributed by atoms with Crippen LogP contribution in [-0.4, -0.2) is 9.38 Å². The minimum absolute atomic E-state index is 1.04. The molecule has 56 valence electrons. The summed E-state index contributed by atoms with van der Waals surface area (Å²) in [6, 6.07) is 4.05. The normalized spacial score (nSPS) is 10.7. The van der Waals surface area contributed by atoms with Gasteiger partial charge in [0, 0.05) is 12.4 Å². The molecule has 0 unspecified atom stereocenters. The molecule has 0 fully saturated rings. The zero-order chi connectivity index (χ0) is 7.84. The van der Waals surface area contributed by atoms with Crippen molar-refractivity contribution in [2.75, 3.05) is 0 Å². The van der Waals surface area contributed by atoms with Crippen molar-refractivity contribution in [3.8, 4) is 0 Å². The maximum atomic E-state index is 4.25. The van der Waals surface area contributed by atoms with Crippen LogP contribution in [0.4, 0.5) is 0 Å². The van der Waals surface area contributed by atoms with E-state index in [0.717, 1.165) is 5.65 Å². The second-order valence-electron chi connectivity index (χ2n) is 2.12. The Labute approximate surface area is 91.3 Å². The van der Waals surface area contributed by atoms with E-state index in [1.807, 2.05) is 18.5 Å². The van der Waals surface area contributed by atoms with Gasteiger partial charge in [0.05, 0.1) is 7.27 Å². The van der Waals surface area contributed by atoms with Gasteiger partial charge in [-0.05, 0) is 57.3 Å². The van der Waals surface area contributed by atoms with Crippen molar-refractivity contribution in [2.45, 2.75) is 0 Å². The molecule has 0 saturated heterocycles. The fourth-order valence-electron chi connectivity index (χ4n) is 0.946. The fraction of sp³-hybridized carbons (Fsp3) is 0. The Balaban J connectivity index is 2.94. The largest absolute Gasteiger partial charge is 0.295 e. The number of rotatable bonds is 0. The zero-order valence-electron chi connectivity index (χ0n) is 5.46. The topological polar surface area (TPSA) is 17.3 Å². The molecular formula is C7H4I2N2. The van der Waals surface area contributed by atoms with E-state index in [1.54, 1.807) is 0 Å². The molecule has 0 aliphatic carbocycles. The van der Waals surface area contributed by atoms with E-state index in [9.17, 15) is 0 Å².